The number of aliphatic hydroxyl groups is 1. The Morgan fingerprint density at radius 2 is 1.80 bits per heavy atom. The van der Waals surface area contributed by atoms with Crippen molar-refractivity contribution in [3.05, 3.63) is 78.2 Å². The summed E-state index contributed by atoms with van der Waals surface area (Å²) in [6.45, 7) is 1.46. The van der Waals surface area contributed by atoms with E-state index < -0.39 is 23.9 Å². The van der Waals surface area contributed by atoms with E-state index in [0.717, 1.165) is 33.8 Å². The molecule has 0 aliphatic rings. The van der Waals surface area contributed by atoms with Gasteiger partial charge < -0.3 is 5.11 Å². The lowest BCUT2D eigenvalue weighted by molar-refractivity contribution is -0.269. The second-order valence-corrected chi connectivity index (χ2v) is 7.09. The fourth-order valence-corrected chi connectivity index (χ4v) is 3.44. The largest absolute Gasteiger partial charge is 0.423 e. The maximum Gasteiger partial charge on any atom is 0.423 e. The molecule has 0 unspecified atom stereocenters. The average molecular weight is 412 g/mol. The third-order valence-electron chi connectivity index (χ3n) is 5.18. The van der Waals surface area contributed by atoms with Crippen LogP contribution in [0.4, 0.5) is 13.2 Å². The van der Waals surface area contributed by atoms with Crippen LogP contribution in [0.15, 0.2) is 67.0 Å². The summed E-state index contributed by atoms with van der Waals surface area (Å²) in [5.41, 5.74) is 0.180. The van der Waals surface area contributed by atoms with Crippen molar-refractivity contribution in [3.8, 4) is 11.1 Å². The summed E-state index contributed by atoms with van der Waals surface area (Å²) in [4.78, 5) is 4.43. The van der Waals surface area contributed by atoms with E-state index in [4.69, 9.17) is 0 Å². The minimum absolute atomic E-state index is 0.206. The van der Waals surface area contributed by atoms with Crippen LogP contribution in [0.5, 0.6) is 0 Å². The Balaban J connectivity index is 1.64. The number of fused-ring (bicyclic) bond motifs is 1. The molecule has 154 valence electrons. The highest BCUT2D eigenvalue weighted by molar-refractivity contribution is 5.94. The van der Waals surface area contributed by atoms with Gasteiger partial charge in [0.15, 0.2) is 0 Å². The highest BCUT2D eigenvalue weighted by Gasteiger charge is 2.55. The average Bonchev–Trinajstić information content (AvgIpc) is 3.21. The minimum Gasteiger partial charge on any atom is -0.375 e. The van der Waals surface area contributed by atoms with Crippen molar-refractivity contribution in [1.29, 1.82) is 0 Å². The molecule has 2 aromatic heterocycles. The first kappa shape index (κ1) is 20.0. The smallest absolute Gasteiger partial charge is 0.375 e. The molecular weight excluding hydrogens is 393 g/mol. The van der Waals surface area contributed by atoms with Crippen LogP contribution in [-0.4, -0.2) is 31.3 Å². The molecule has 8 heteroatoms. The van der Waals surface area contributed by atoms with Gasteiger partial charge in [0, 0.05) is 11.6 Å². The van der Waals surface area contributed by atoms with E-state index >= 15 is 0 Å². The van der Waals surface area contributed by atoms with E-state index in [2.05, 4.69) is 15.3 Å². The van der Waals surface area contributed by atoms with Crippen LogP contribution < -0.4 is 0 Å². The molecule has 30 heavy (non-hydrogen) atoms. The summed E-state index contributed by atoms with van der Waals surface area (Å²) in [5.74, 6) is 0. The molecule has 0 saturated heterocycles. The first-order valence-corrected chi connectivity index (χ1v) is 9.44. The molecule has 0 amide bonds. The fourth-order valence-electron chi connectivity index (χ4n) is 3.44. The summed E-state index contributed by atoms with van der Waals surface area (Å²) < 4.78 is 41.0. The normalized spacial score (nSPS) is 14.0. The lowest BCUT2D eigenvalue weighted by Gasteiger charge is -2.26. The zero-order valence-corrected chi connectivity index (χ0v) is 16.1. The van der Waals surface area contributed by atoms with E-state index in [-0.39, 0.29) is 6.54 Å². The minimum atomic E-state index is -4.83. The molecule has 4 rings (SSSR count). The van der Waals surface area contributed by atoms with Gasteiger partial charge in [0.25, 0.3) is 0 Å². The Kier molecular flexibility index (Phi) is 5.03. The number of rotatable bonds is 5. The molecular formula is C22H19F3N4O. The van der Waals surface area contributed by atoms with Crippen molar-refractivity contribution in [2.45, 2.75) is 31.7 Å². The predicted octanol–water partition coefficient (Wildman–Crippen LogP) is 4.70. The first-order chi connectivity index (χ1) is 14.3. The second kappa shape index (κ2) is 7.53. The lowest BCUT2D eigenvalue weighted by Crippen LogP contribution is -2.42. The van der Waals surface area contributed by atoms with Crippen molar-refractivity contribution < 1.29 is 18.3 Å². The number of halogens is 3. The summed E-state index contributed by atoms with van der Waals surface area (Å²) in [6.07, 6.45) is -2.51. The third-order valence-corrected chi connectivity index (χ3v) is 5.18. The van der Waals surface area contributed by atoms with Crippen LogP contribution in [0, 0.1) is 0 Å². The van der Waals surface area contributed by atoms with Gasteiger partial charge in [-0.25, -0.2) is 4.68 Å². The van der Waals surface area contributed by atoms with E-state index in [0.29, 0.717) is 0 Å². The molecule has 2 heterocycles. The molecule has 2 aromatic carbocycles. The van der Waals surface area contributed by atoms with Gasteiger partial charge in [-0.05, 0) is 35.2 Å². The second-order valence-electron chi connectivity index (χ2n) is 7.09. The number of pyridine rings is 1. The van der Waals surface area contributed by atoms with Gasteiger partial charge in [0.2, 0.25) is 5.60 Å². The maximum absolute atomic E-state index is 13.2. The Hall–Kier alpha value is -3.26. The number of aromatic nitrogens is 4. The molecule has 0 fully saturated rings. The zero-order chi connectivity index (χ0) is 21.4. The Morgan fingerprint density at radius 1 is 1.03 bits per heavy atom. The molecule has 0 aliphatic carbocycles. The molecule has 5 nitrogen and oxygen atoms in total. The van der Waals surface area contributed by atoms with E-state index in [1.807, 2.05) is 54.6 Å². The summed E-state index contributed by atoms with van der Waals surface area (Å²) >= 11 is 0. The van der Waals surface area contributed by atoms with Crippen LogP contribution in [0.3, 0.4) is 0 Å². The van der Waals surface area contributed by atoms with Gasteiger partial charge in [-0.15, -0.1) is 5.10 Å². The SMILES string of the molecule is CC[C@](O)(c1cn(Cc2ccc3c(-c4ccccc4)ccnc3c2)nn1)C(F)(F)F. The standard InChI is InChI=1S/C22H19F3N4O/c1-2-21(30,22(23,24)25)20-14-29(28-27-20)13-15-8-9-18-17(10-11-26-19(18)12-15)16-6-4-3-5-7-16/h3-12,14,30H,2,13H2,1H3/t21-/m0/s1. The first-order valence-electron chi connectivity index (χ1n) is 9.44. The number of benzene rings is 2. The van der Waals surface area contributed by atoms with Crippen LogP contribution in [0.25, 0.3) is 22.0 Å². The van der Waals surface area contributed by atoms with Crippen LogP contribution in [0.1, 0.15) is 24.6 Å². The van der Waals surface area contributed by atoms with Crippen molar-refractivity contribution in [3.63, 3.8) is 0 Å². The highest BCUT2D eigenvalue weighted by atomic mass is 19.4. The number of hydrogen-bond acceptors (Lipinski definition) is 4. The molecule has 1 atom stereocenters. The Labute approximate surface area is 170 Å². The molecule has 0 radical (unpaired) electrons. The molecule has 0 saturated carbocycles. The van der Waals surface area contributed by atoms with Crippen molar-refractivity contribution in [2.75, 3.05) is 0 Å². The number of hydrogen-bond donors (Lipinski definition) is 1. The van der Waals surface area contributed by atoms with Crippen LogP contribution >= 0.6 is 0 Å². The lowest BCUT2D eigenvalue weighted by atomic mass is 9.96. The highest BCUT2D eigenvalue weighted by Crippen LogP contribution is 2.40. The monoisotopic (exact) mass is 412 g/mol. The van der Waals surface area contributed by atoms with E-state index in [9.17, 15) is 18.3 Å². The number of nitrogens with zero attached hydrogens (tertiary/aromatic N) is 4. The van der Waals surface area contributed by atoms with Gasteiger partial charge in [-0.3, -0.25) is 4.98 Å². The Morgan fingerprint density at radius 3 is 2.50 bits per heavy atom. The maximum atomic E-state index is 13.2. The van der Waals surface area contributed by atoms with E-state index in [1.54, 1.807) is 6.20 Å². The molecule has 4 aromatic rings. The summed E-state index contributed by atoms with van der Waals surface area (Å²) in [6, 6.07) is 17.6. The predicted molar refractivity (Wildman–Crippen MR) is 107 cm³/mol. The van der Waals surface area contributed by atoms with Crippen molar-refractivity contribution >= 4 is 10.9 Å². The molecule has 0 spiro atoms. The van der Waals surface area contributed by atoms with Crippen LogP contribution in [-0.2, 0) is 12.1 Å². The van der Waals surface area contributed by atoms with Crippen molar-refractivity contribution in [2.24, 2.45) is 0 Å². The van der Waals surface area contributed by atoms with Crippen molar-refractivity contribution in [1.82, 2.24) is 20.0 Å². The fraction of sp³-hybridized carbons (Fsp3) is 0.227. The molecule has 0 bridgehead atoms. The van der Waals surface area contributed by atoms with Gasteiger partial charge in [0.05, 0.1) is 18.3 Å². The summed E-state index contributed by atoms with van der Waals surface area (Å²) in [5, 5.41) is 18.3. The van der Waals surface area contributed by atoms with Gasteiger partial charge in [-0.1, -0.05) is 54.6 Å². The number of alkyl halides is 3. The third kappa shape index (κ3) is 3.54. The molecule has 1 N–H and O–H groups in total. The zero-order valence-electron chi connectivity index (χ0n) is 16.1. The quantitative estimate of drug-likeness (QED) is 0.516. The van der Waals surface area contributed by atoms with Crippen LogP contribution in [0.2, 0.25) is 0 Å². The topological polar surface area (TPSA) is 63.8 Å². The van der Waals surface area contributed by atoms with Gasteiger partial charge in [0.1, 0.15) is 5.69 Å². The summed E-state index contributed by atoms with van der Waals surface area (Å²) in [7, 11) is 0. The van der Waals surface area contributed by atoms with Gasteiger partial charge in [-0.2, -0.15) is 13.2 Å². The Bertz CT molecular complexity index is 1170. The van der Waals surface area contributed by atoms with E-state index in [1.165, 1.54) is 11.6 Å². The van der Waals surface area contributed by atoms with Gasteiger partial charge >= 0.3 is 6.18 Å². The molecule has 0 aliphatic heterocycles.